The van der Waals surface area contributed by atoms with E-state index >= 15 is 0 Å². The van der Waals surface area contributed by atoms with Crippen LogP contribution in [0.4, 0.5) is 19.0 Å². The van der Waals surface area contributed by atoms with Crippen molar-refractivity contribution in [1.29, 1.82) is 0 Å². The van der Waals surface area contributed by atoms with Crippen molar-refractivity contribution in [2.45, 2.75) is 31.7 Å². The molecule has 6 nitrogen and oxygen atoms in total. The summed E-state index contributed by atoms with van der Waals surface area (Å²) in [4.78, 5) is 11.6. The van der Waals surface area contributed by atoms with Gasteiger partial charge in [0.05, 0.1) is 18.2 Å². The predicted octanol–water partition coefficient (Wildman–Crippen LogP) is 2.07. The summed E-state index contributed by atoms with van der Waals surface area (Å²) in [5.41, 5.74) is 11.1. The number of nitrogens with two attached hydrogens (primary N) is 2. The molecule has 1 unspecified atom stereocenters. The second kappa shape index (κ2) is 6.07. The Morgan fingerprint density at radius 1 is 1.32 bits per heavy atom. The number of nitrogen functional groups attached to an aromatic ring is 1. The number of amides is 1. The van der Waals surface area contributed by atoms with E-state index in [0.717, 1.165) is 25.0 Å². The maximum absolute atomic E-state index is 12.8. The monoisotopic (exact) mass is 354 g/mol. The van der Waals surface area contributed by atoms with E-state index in [1.165, 1.54) is 16.8 Å². The van der Waals surface area contributed by atoms with Crippen molar-refractivity contribution in [3.8, 4) is 0 Å². The van der Waals surface area contributed by atoms with Gasteiger partial charge >= 0.3 is 6.18 Å². The first-order valence-corrected chi connectivity index (χ1v) is 7.68. The lowest BCUT2D eigenvalue weighted by Crippen LogP contribution is -2.19. The fraction of sp³-hybridized carbons (Fsp3) is 0.375. The number of hydrogen-bond acceptors (Lipinski definition) is 4. The van der Waals surface area contributed by atoms with E-state index in [4.69, 9.17) is 11.5 Å². The Bertz CT molecular complexity index is 795. The predicted molar refractivity (Wildman–Crippen MR) is 83.4 cm³/mol. The molecule has 1 aromatic heterocycles. The SMILES string of the molecule is NC(=O)c1c(CO)nn(C(c2ccc(C(F)(F)F)cc2)C2CC2)c1N. The van der Waals surface area contributed by atoms with Crippen LogP contribution in [0.3, 0.4) is 0 Å². The molecule has 3 rings (SSSR count). The van der Waals surface area contributed by atoms with Crippen molar-refractivity contribution in [2.75, 3.05) is 5.73 Å². The number of carbonyl (C=O) groups excluding carboxylic acids is 1. The van der Waals surface area contributed by atoms with Gasteiger partial charge in [0.15, 0.2) is 0 Å². The fourth-order valence-electron chi connectivity index (χ4n) is 2.98. The molecule has 5 N–H and O–H groups in total. The van der Waals surface area contributed by atoms with E-state index < -0.39 is 30.3 Å². The highest BCUT2D eigenvalue weighted by molar-refractivity contribution is 5.98. The number of aliphatic hydroxyl groups excluding tert-OH is 1. The number of nitrogens with zero attached hydrogens (tertiary/aromatic N) is 2. The number of benzene rings is 1. The first kappa shape index (κ1) is 17.3. The minimum absolute atomic E-state index is 0.00773. The number of carbonyl (C=O) groups is 1. The minimum Gasteiger partial charge on any atom is -0.390 e. The van der Waals surface area contributed by atoms with Crippen LogP contribution in [0.5, 0.6) is 0 Å². The third-order valence-electron chi connectivity index (χ3n) is 4.33. The molecule has 1 amide bonds. The molecule has 1 atom stereocenters. The largest absolute Gasteiger partial charge is 0.416 e. The van der Waals surface area contributed by atoms with E-state index in [-0.39, 0.29) is 23.0 Å². The summed E-state index contributed by atoms with van der Waals surface area (Å²) in [6.07, 6.45) is -2.68. The van der Waals surface area contributed by atoms with Crippen LogP contribution in [0, 0.1) is 5.92 Å². The van der Waals surface area contributed by atoms with E-state index in [9.17, 15) is 23.1 Å². The third-order valence-corrected chi connectivity index (χ3v) is 4.33. The lowest BCUT2D eigenvalue weighted by Gasteiger charge is -2.20. The van der Waals surface area contributed by atoms with Crippen LogP contribution in [0.1, 0.15) is 46.1 Å². The van der Waals surface area contributed by atoms with Crippen LogP contribution in [-0.4, -0.2) is 20.8 Å². The first-order valence-electron chi connectivity index (χ1n) is 7.68. The maximum atomic E-state index is 12.8. The molecule has 0 bridgehead atoms. The Kier molecular flexibility index (Phi) is 4.19. The molecule has 1 aromatic carbocycles. The minimum atomic E-state index is -4.42. The zero-order valence-electron chi connectivity index (χ0n) is 13.1. The van der Waals surface area contributed by atoms with Gasteiger partial charge in [-0.2, -0.15) is 18.3 Å². The highest BCUT2D eigenvalue weighted by atomic mass is 19.4. The van der Waals surface area contributed by atoms with E-state index in [1.807, 2.05) is 0 Å². The number of rotatable bonds is 5. The summed E-state index contributed by atoms with van der Waals surface area (Å²) in [6, 6.07) is 4.37. The van der Waals surface area contributed by atoms with Gasteiger partial charge in [0.25, 0.3) is 5.91 Å². The van der Waals surface area contributed by atoms with Gasteiger partial charge in [-0.15, -0.1) is 0 Å². The molecule has 0 saturated heterocycles. The average Bonchev–Trinajstić information content (AvgIpc) is 3.31. The summed E-state index contributed by atoms with van der Waals surface area (Å²) in [7, 11) is 0. The van der Waals surface area contributed by atoms with Crippen molar-refractivity contribution in [1.82, 2.24) is 9.78 Å². The molecule has 1 saturated carbocycles. The normalized spacial score (nSPS) is 16.0. The zero-order valence-corrected chi connectivity index (χ0v) is 13.1. The van der Waals surface area contributed by atoms with Crippen LogP contribution < -0.4 is 11.5 Å². The first-order chi connectivity index (χ1) is 11.7. The van der Waals surface area contributed by atoms with Gasteiger partial charge < -0.3 is 16.6 Å². The van der Waals surface area contributed by atoms with Gasteiger partial charge in [-0.25, -0.2) is 4.68 Å². The summed E-state index contributed by atoms with van der Waals surface area (Å²) < 4.78 is 39.6. The molecule has 1 aliphatic rings. The van der Waals surface area contributed by atoms with Crippen molar-refractivity contribution >= 4 is 11.7 Å². The van der Waals surface area contributed by atoms with Crippen molar-refractivity contribution in [2.24, 2.45) is 11.7 Å². The van der Waals surface area contributed by atoms with E-state index in [2.05, 4.69) is 5.10 Å². The Hall–Kier alpha value is -2.55. The van der Waals surface area contributed by atoms with Gasteiger partial charge in [0.1, 0.15) is 17.1 Å². The van der Waals surface area contributed by atoms with E-state index in [0.29, 0.717) is 5.56 Å². The molecule has 25 heavy (non-hydrogen) atoms. The maximum Gasteiger partial charge on any atom is 0.416 e. The summed E-state index contributed by atoms with van der Waals surface area (Å²) in [5, 5.41) is 13.6. The number of alkyl halides is 3. The summed E-state index contributed by atoms with van der Waals surface area (Å²) in [5.74, 6) is -0.658. The topological polar surface area (TPSA) is 107 Å². The van der Waals surface area contributed by atoms with Crippen molar-refractivity contribution in [3.63, 3.8) is 0 Å². The average molecular weight is 354 g/mol. The number of halogens is 3. The Labute approximate surface area is 141 Å². The number of hydrogen-bond donors (Lipinski definition) is 3. The standard InChI is InChI=1S/C16H17F3N4O2/c17-16(18,19)10-5-3-9(4-6-10)13(8-1-2-8)23-14(20)12(15(21)25)11(7-24)22-23/h3-6,8,13,24H,1-2,7,20H2,(H2,21,25). The van der Waals surface area contributed by atoms with Crippen LogP contribution in [0.25, 0.3) is 0 Å². The third kappa shape index (κ3) is 3.19. The molecular weight excluding hydrogens is 337 g/mol. The molecule has 1 aliphatic carbocycles. The molecule has 0 aliphatic heterocycles. The number of primary amides is 1. The molecule has 134 valence electrons. The Balaban J connectivity index is 2.05. The number of aromatic nitrogens is 2. The quantitative estimate of drug-likeness (QED) is 0.764. The molecule has 0 radical (unpaired) electrons. The van der Waals surface area contributed by atoms with Crippen LogP contribution >= 0.6 is 0 Å². The lowest BCUT2D eigenvalue weighted by molar-refractivity contribution is -0.137. The van der Waals surface area contributed by atoms with Crippen molar-refractivity contribution < 1.29 is 23.1 Å². The van der Waals surface area contributed by atoms with Gasteiger partial charge in [0.2, 0.25) is 0 Å². The second-order valence-corrected chi connectivity index (χ2v) is 6.08. The van der Waals surface area contributed by atoms with Gasteiger partial charge in [-0.05, 0) is 36.5 Å². The summed E-state index contributed by atoms with van der Waals surface area (Å²) >= 11 is 0. The molecule has 1 heterocycles. The highest BCUT2D eigenvalue weighted by Crippen LogP contribution is 2.45. The lowest BCUT2D eigenvalue weighted by atomic mass is 10.0. The Morgan fingerprint density at radius 2 is 1.92 bits per heavy atom. The van der Waals surface area contributed by atoms with Crippen LogP contribution in [0.15, 0.2) is 24.3 Å². The Morgan fingerprint density at radius 3 is 2.32 bits per heavy atom. The van der Waals surface area contributed by atoms with Gasteiger partial charge in [-0.1, -0.05) is 12.1 Å². The molecule has 0 spiro atoms. The summed E-state index contributed by atoms with van der Waals surface area (Å²) in [6.45, 7) is -0.514. The van der Waals surface area contributed by atoms with Crippen LogP contribution in [-0.2, 0) is 12.8 Å². The number of anilines is 1. The van der Waals surface area contributed by atoms with Crippen LogP contribution in [0.2, 0.25) is 0 Å². The van der Waals surface area contributed by atoms with Gasteiger partial charge in [-0.3, -0.25) is 4.79 Å². The van der Waals surface area contributed by atoms with Crippen molar-refractivity contribution in [3.05, 3.63) is 46.6 Å². The highest BCUT2D eigenvalue weighted by Gasteiger charge is 2.37. The molecular formula is C16H17F3N4O2. The fourth-order valence-corrected chi connectivity index (χ4v) is 2.98. The second-order valence-electron chi connectivity index (χ2n) is 6.08. The smallest absolute Gasteiger partial charge is 0.390 e. The zero-order chi connectivity index (χ0) is 18.4. The van der Waals surface area contributed by atoms with Gasteiger partial charge in [0, 0.05) is 0 Å². The van der Waals surface area contributed by atoms with E-state index in [1.54, 1.807) is 0 Å². The molecule has 2 aromatic rings. The molecule has 9 heteroatoms. The number of aliphatic hydroxyl groups is 1. The molecule has 1 fully saturated rings.